The Morgan fingerprint density at radius 3 is 2.36 bits per heavy atom. The number of benzene rings is 1. The zero-order valence-electron chi connectivity index (χ0n) is 14.1. The molecule has 0 aromatic heterocycles. The molecular formula is C17H25ClN4O3. The molecule has 138 valence electrons. The van der Waals surface area contributed by atoms with Crippen LogP contribution in [0.25, 0.3) is 0 Å². The van der Waals surface area contributed by atoms with Crippen LogP contribution in [0.5, 0.6) is 0 Å². The number of nitrogens with two attached hydrogens (primary N) is 1. The molecule has 2 aliphatic rings. The fraction of sp³-hybridized carbons (Fsp3) is 0.529. The van der Waals surface area contributed by atoms with Crippen molar-refractivity contribution in [2.75, 3.05) is 30.3 Å². The van der Waals surface area contributed by atoms with Crippen molar-refractivity contribution in [3.8, 4) is 0 Å². The Hall–Kier alpha value is -1.83. The Bertz CT molecular complexity index is 607. The van der Waals surface area contributed by atoms with Crippen molar-refractivity contribution in [2.24, 2.45) is 5.73 Å². The van der Waals surface area contributed by atoms with E-state index >= 15 is 0 Å². The molecule has 3 rings (SSSR count). The quantitative estimate of drug-likeness (QED) is 0.758. The van der Waals surface area contributed by atoms with E-state index in [1.54, 1.807) is 17.0 Å². The molecule has 2 aliphatic heterocycles. The van der Waals surface area contributed by atoms with Crippen LogP contribution in [0.15, 0.2) is 24.3 Å². The maximum atomic E-state index is 12.4. The highest BCUT2D eigenvalue weighted by atomic mass is 35.5. The van der Waals surface area contributed by atoms with Gasteiger partial charge < -0.3 is 26.0 Å². The molecule has 0 saturated carbocycles. The Labute approximate surface area is 153 Å². The second kappa shape index (κ2) is 9.03. The number of nitrogens with one attached hydrogen (secondary N) is 2. The van der Waals surface area contributed by atoms with Crippen LogP contribution in [0, 0.1) is 0 Å². The van der Waals surface area contributed by atoms with Gasteiger partial charge in [-0.3, -0.25) is 4.79 Å². The molecule has 0 aliphatic carbocycles. The van der Waals surface area contributed by atoms with Gasteiger partial charge in [0.1, 0.15) is 6.10 Å². The number of hydrogen-bond acceptors (Lipinski definition) is 4. The standard InChI is InChI=1S/C17H24N4O3.ClH/c18-11-12-7-8-15(24-12)16(22)19-13-5-1-2-6-14(13)20-17(23)21-9-3-4-10-21;/h1-2,5-6,12,15H,3-4,7-11,18H2,(H,19,22)(H,20,23);1H/t12-,15+;/m1./s1. The molecule has 0 spiro atoms. The van der Waals surface area contributed by atoms with Crippen molar-refractivity contribution in [3.63, 3.8) is 0 Å². The Morgan fingerprint density at radius 1 is 1.12 bits per heavy atom. The first kappa shape index (κ1) is 19.5. The van der Waals surface area contributed by atoms with E-state index in [1.807, 2.05) is 12.1 Å². The van der Waals surface area contributed by atoms with Gasteiger partial charge in [0, 0.05) is 19.6 Å². The van der Waals surface area contributed by atoms with E-state index in [4.69, 9.17) is 10.5 Å². The molecule has 1 aromatic carbocycles. The lowest BCUT2D eigenvalue weighted by molar-refractivity contribution is -0.126. The lowest BCUT2D eigenvalue weighted by Crippen LogP contribution is -2.33. The second-order valence-electron chi connectivity index (χ2n) is 6.22. The minimum Gasteiger partial charge on any atom is -0.364 e. The first-order valence-corrected chi connectivity index (χ1v) is 8.48. The molecule has 3 amide bonds. The van der Waals surface area contributed by atoms with Crippen LogP contribution in [-0.2, 0) is 9.53 Å². The van der Waals surface area contributed by atoms with Crippen LogP contribution in [0.1, 0.15) is 25.7 Å². The number of hydrogen-bond donors (Lipinski definition) is 3. The van der Waals surface area contributed by atoms with E-state index in [0.717, 1.165) is 32.4 Å². The molecule has 7 nitrogen and oxygen atoms in total. The third-order valence-corrected chi connectivity index (χ3v) is 4.48. The molecule has 1 aromatic rings. The molecule has 4 N–H and O–H groups in total. The van der Waals surface area contributed by atoms with Gasteiger partial charge in [-0.25, -0.2) is 4.79 Å². The van der Waals surface area contributed by atoms with E-state index in [-0.39, 0.29) is 30.4 Å². The van der Waals surface area contributed by atoms with Crippen molar-refractivity contribution in [1.29, 1.82) is 0 Å². The highest BCUT2D eigenvalue weighted by Crippen LogP contribution is 2.25. The number of nitrogens with zero attached hydrogens (tertiary/aromatic N) is 1. The monoisotopic (exact) mass is 368 g/mol. The second-order valence-corrected chi connectivity index (χ2v) is 6.22. The SMILES string of the molecule is Cl.NC[C@H]1CC[C@@H](C(=O)Nc2ccccc2NC(=O)N2CCCC2)O1. The molecule has 0 unspecified atom stereocenters. The smallest absolute Gasteiger partial charge is 0.321 e. The Kier molecular flexibility index (Phi) is 7.04. The molecule has 25 heavy (non-hydrogen) atoms. The maximum Gasteiger partial charge on any atom is 0.321 e. The Balaban J connectivity index is 0.00000225. The van der Waals surface area contributed by atoms with Gasteiger partial charge in [-0.15, -0.1) is 12.4 Å². The normalized spacial score (nSPS) is 22.4. The van der Waals surface area contributed by atoms with E-state index in [0.29, 0.717) is 24.3 Å². The molecule has 2 fully saturated rings. The molecule has 2 heterocycles. The summed E-state index contributed by atoms with van der Waals surface area (Å²) in [5.41, 5.74) is 6.75. The summed E-state index contributed by atoms with van der Waals surface area (Å²) in [6.07, 6.45) is 2.99. The van der Waals surface area contributed by atoms with Crippen molar-refractivity contribution in [1.82, 2.24) is 4.90 Å². The van der Waals surface area contributed by atoms with E-state index < -0.39 is 6.10 Å². The van der Waals surface area contributed by atoms with Crippen molar-refractivity contribution in [3.05, 3.63) is 24.3 Å². The van der Waals surface area contributed by atoms with Crippen LogP contribution in [0.4, 0.5) is 16.2 Å². The number of para-hydroxylation sites is 2. The van der Waals surface area contributed by atoms with Gasteiger partial charge in [-0.2, -0.15) is 0 Å². The minimum atomic E-state index is -0.485. The largest absolute Gasteiger partial charge is 0.364 e. The number of ether oxygens (including phenoxy) is 1. The van der Waals surface area contributed by atoms with Gasteiger partial charge in [0.25, 0.3) is 5.91 Å². The summed E-state index contributed by atoms with van der Waals surface area (Å²) < 4.78 is 5.61. The lowest BCUT2D eigenvalue weighted by Gasteiger charge is -2.19. The fourth-order valence-corrected chi connectivity index (χ4v) is 3.10. The number of anilines is 2. The van der Waals surface area contributed by atoms with E-state index in [1.165, 1.54) is 0 Å². The van der Waals surface area contributed by atoms with E-state index in [2.05, 4.69) is 10.6 Å². The third kappa shape index (κ3) is 4.84. The minimum absolute atomic E-state index is 0. The van der Waals surface area contributed by atoms with Gasteiger partial charge >= 0.3 is 6.03 Å². The van der Waals surface area contributed by atoms with Crippen LogP contribution < -0.4 is 16.4 Å². The summed E-state index contributed by atoms with van der Waals surface area (Å²) in [7, 11) is 0. The zero-order chi connectivity index (χ0) is 16.9. The number of halogens is 1. The van der Waals surface area contributed by atoms with E-state index in [9.17, 15) is 9.59 Å². The number of amides is 3. The summed E-state index contributed by atoms with van der Waals surface area (Å²) in [5.74, 6) is -0.200. The summed E-state index contributed by atoms with van der Waals surface area (Å²) in [4.78, 5) is 26.4. The van der Waals surface area contributed by atoms with Crippen molar-refractivity contribution in [2.45, 2.75) is 37.9 Å². The van der Waals surface area contributed by atoms with Gasteiger partial charge in [0.05, 0.1) is 17.5 Å². The highest BCUT2D eigenvalue weighted by Gasteiger charge is 2.30. The molecule has 0 bridgehead atoms. The molecule has 2 atom stereocenters. The summed E-state index contributed by atoms with van der Waals surface area (Å²) in [6.45, 7) is 1.97. The lowest BCUT2D eigenvalue weighted by atomic mass is 10.2. The summed E-state index contributed by atoms with van der Waals surface area (Å²) >= 11 is 0. The topological polar surface area (TPSA) is 96.7 Å². The number of urea groups is 1. The molecule has 2 saturated heterocycles. The third-order valence-electron chi connectivity index (χ3n) is 4.48. The highest BCUT2D eigenvalue weighted by molar-refractivity contribution is 6.00. The predicted molar refractivity (Wildman–Crippen MR) is 99.1 cm³/mol. The summed E-state index contributed by atoms with van der Waals surface area (Å²) in [6, 6.07) is 7.06. The first-order valence-electron chi connectivity index (χ1n) is 8.48. The van der Waals surface area contributed by atoms with Crippen LogP contribution in [0.2, 0.25) is 0 Å². The van der Waals surface area contributed by atoms with Crippen molar-refractivity contribution >= 4 is 35.7 Å². The zero-order valence-corrected chi connectivity index (χ0v) is 14.9. The number of rotatable bonds is 4. The van der Waals surface area contributed by atoms with Gasteiger partial charge in [0.15, 0.2) is 0 Å². The average Bonchev–Trinajstić information content (AvgIpc) is 3.28. The molecule has 0 radical (unpaired) electrons. The van der Waals surface area contributed by atoms with Crippen LogP contribution >= 0.6 is 12.4 Å². The van der Waals surface area contributed by atoms with Gasteiger partial charge in [0.2, 0.25) is 0 Å². The van der Waals surface area contributed by atoms with Crippen molar-refractivity contribution < 1.29 is 14.3 Å². The number of carbonyl (C=O) groups excluding carboxylic acids is 2. The van der Waals surface area contributed by atoms with Gasteiger partial charge in [-0.1, -0.05) is 12.1 Å². The number of likely N-dealkylation sites (tertiary alicyclic amines) is 1. The van der Waals surface area contributed by atoms with Gasteiger partial charge in [-0.05, 0) is 37.8 Å². The number of carbonyl (C=O) groups is 2. The molecule has 8 heteroatoms. The fourth-order valence-electron chi connectivity index (χ4n) is 3.10. The first-order chi connectivity index (χ1) is 11.7. The molecular weight excluding hydrogens is 344 g/mol. The summed E-state index contributed by atoms with van der Waals surface area (Å²) in [5, 5.41) is 5.73. The van der Waals surface area contributed by atoms with Crippen LogP contribution in [0.3, 0.4) is 0 Å². The Morgan fingerprint density at radius 2 is 1.76 bits per heavy atom. The predicted octanol–water partition coefficient (Wildman–Crippen LogP) is 2.18. The maximum absolute atomic E-state index is 12.4. The van der Waals surface area contributed by atoms with Crippen LogP contribution in [-0.4, -0.2) is 48.7 Å². The average molecular weight is 369 g/mol.